The molecule has 2 unspecified atom stereocenters. The van der Waals surface area contributed by atoms with Gasteiger partial charge in [0.25, 0.3) is 0 Å². The van der Waals surface area contributed by atoms with Crippen molar-refractivity contribution in [1.82, 2.24) is 5.32 Å². The van der Waals surface area contributed by atoms with Gasteiger partial charge in [-0.25, -0.2) is 4.79 Å². The number of esters is 1. The molecule has 2 aromatic carbocycles. The second-order valence-electron chi connectivity index (χ2n) is 10.3. The smallest absolute Gasteiger partial charge is 0.328 e. The molecule has 5 atom stereocenters. The van der Waals surface area contributed by atoms with Crippen LogP contribution in [0.25, 0.3) is 0 Å². The van der Waals surface area contributed by atoms with Crippen LogP contribution in [-0.4, -0.2) is 30.1 Å². The summed E-state index contributed by atoms with van der Waals surface area (Å²) in [7, 11) is 1.35. The van der Waals surface area contributed by atoms with Crippen LogP contribution in [0.2, 0.25) is 0 Å². The van der Waals surface area contributed by atoms with Gasteiger partial charge >= 0.3 is 5.97 Å². The minimum atomic E-state index is -0.738. The Morgan fingerprint density at radius 2 is 1.69 bits per heavy atom. The molecule has 4 saturated carbocycles. The molecule has 0 saturated heterocycles. The monoisotopic (exact) mass is 433 g/mol. The fourth-order valence-corrected chi connectivity index (χ4v) is 7.17. The van der Waals surface area contributed by atoms with Crippen molar-refractivity contribution in [3.8, 4) is 5.75 Å². The Morgan fingerprint density at radius 3 is 2.31 bits per heavy atom. The molecule has 0 spiro atoms. The van der Waals surface area contributed by atoms with Gasteiger partial charge in [-0.15, -0.1) is 0 Å². The number of rotatable bonds is 6. The Bertz CT molecular complexity index is 986. The maximum atomic E-state index is 13.8. The third kappa shape index (κ3) is 3.68. The molecule has 6 rings (SSSR count). The van der Waals surface area contributed by atoms with E-state index in [9.17, 15) is 14.7 Å². The van der Waals surface area contributed by atoms with E-state index in [4.69, 9.17) is 4.74 Å². The van der Waals surface area contributed by atoms with Crippen LogP contribution in [0, 0.1) is 17.3 Å². The third-order valence-corrected chi connectivity index (χ3v) is 8.10. The number of ether oxygens (including phenoxy) is 1. The first-order valence-electron chi connectivity index (χ1n) is 11.6. The van der Waals surface area contributed by atoms with E-state index in [2.05, 4.69) is 35.6 Å². The lowest BCUT2D eigenvalue weighted by atomic mass is 9.42. The number of carbonyl (C=O) groups excluding carboxylic acids is 2. The molecule has 5 nitrogen and oxygen atoms in total. The highest BCUT2D eigenvalue weighted by molar-refractivity contribution is 5.88. The van der Waals surface area contributed by atoms with Gasteiger partial charge in [0.15, 0.2) is 0 Å². The average molecular weight is 434 g/mol. The quantitative estimate of drug-likeness (QED) is 0.672. The van der Waals surface area contributed by atoms with Crippen LogP contribution in [-0.2, 0) is 26.2 Å². The fourth-order valence-electron chi connectivity index (χ4n) is 7.17. The number of amides is 1. The second kappa shape index (κ2) is 7.95. The van der Waals surface area contributed by atoms with Crippen molar-refractivity contribution in [2.24, 2.45) is 17.3 Å². The molecule has 0 radical (unpaired) electrons. The largest absolute Gasteiger partial charge is 0.508 e. The summed E-state index contributed by atoms with van der Waals surface area (Å²) >= 11 is 0. The Kier molecular flexibility index (Phi) is 5.23. The first-order chi connectivity index (χ1) is 15.4. The predicted octanol–water partition coefficient (Wildman–Crippen LogP) is 4.13. The highest BCUT2D eigenvalue weighted by Crippen LogP contribution is 2.65. The van der Waals surface area contributed by atoms with Crippen molar-refractivity contribution in [3.63, 3.8) is 0 Å². The highest BCUT2D eigenvalue weighted by Gasteiger charge is 2.61. The van der Waals surface area contributed by atoms with Gasteiger partial charge in [-0.2, -0.15) is 0 Å². The number of carbonyl (C=O) groups is 2. The van der Waals surface area contributed by atoms with E-state index in [0.717, 1.165) is 37.7 Å². The van der Waals surface area contributed by atoms with E-state index in [1.807, 2.05) is 0 Å². The standard InChI is InChI=1S/C27H31NO4/c1-32-24(30)23(12-18-7-9-22(29)10-8-18)28-25(31)27-15-19-11-20(16-27)14-26(13-19,17-27)21-5-3-2-4-6-21/h2-10,19-20,23,29H,11-17H2,1H3,(H,28,31)/t19-,20+,23-,26?,27?/m1/s1. The number of nitrogens with one attached hydrogen (secondary N) is 1. The molecule has 2 aromatic rings. The van der Waals surface area contributed by atoms with E-state index >= 15 is 0 Å². The average Bonchev–Trinajstić information content (AvgIpc) is 2.79. The molecule has 0 aliphatic heterocycles. The van der Waals surface area contributed by atoms with Gasteiger partial charge in [0, 0.05) is 6.42 Å². The first kappa shape index (κ1) is 21.0. The van der Waals surface area contributed by atoms with Gasteiger partial charge in [0.1, 0.15) is 11.8 Å². The lowest BCUT2D eigenvalue weighted by molar-refractivity contribution is -0.154. The lowest BCUT2D eigenvalue weighted by Gasteiger charge is -2.61. The van der Waals surface area contributed by atoms with Crippen molar-refractivity contribution in [1.29, 1.82) is 0 Å². The number of phenolic OH excluding ortho intramolecular Hbond substituents is 1. The molecular weight excluding hydrogens is 402 g/mol. The second-order valence-corrected chi connectivity index (χ2v) is 10.3. The van der Waals surface area contributed by atoms with Crippen LogP contribution >= 0.6 is 0 Å². The van der Waals surface area contributed by atoms with E-state index in [-0.39, 0.29) is 17.1 Å². The highest BCUT2D eigenvalue weighted by atomic mass is 16.5. The number of phenols is 1. The lowest BCUT2D eigenvalue weighted by Crippen LogP contribution is -2.60. The predicted molar refractivity (Wildman–Crippen MR) is 121 cm³/mol. The van der Waals surface area contributed by atoms with Crippen molar-refractivity contribution in [3.05, 3.63) is 65.7 Å². The number of benzene rings is 2. The summed E-state index contributed by atoms with van der Waals surface area (Å²) in [5.41, 5.74) is 1.88. The molecular formula is C27H31NO4. The van der Waals surface area contributed by atoms with E-state index in [1.54, 1.807) is 24.3 Å². The van der Waals surface area contributed by atoms with E-state index in [1.165, 1.54) is 19.1 Å². The minimum absolute atomic E-state index is 0.00100. The molecule has 1 amide bonds. The summed E-state index contributed by atoms with van der Waals surface area (Å²) in [6, 6.07) is 16.7. The molecule has 168 valence electrons. The van der Waals surface area contributed by atoms with Gasteiger partial charge < -0.3 is 15.2 Å². The topological polar surface area (TPSA) is 75.6 Å². The van der Waals surface area contributed by atoms with Gasteiger partial charge in [-0.3, -0.25) is 4.79 Å². The van der Waals surface area contributed by atoms with Crippen LogP contribution in [0.15, 0.2) is 54.6 Å². The zero-order valence-corrected chi connectivity index (χ0v) is 18.5. The Hall–Kier alpha value is -2.82. The summed E-state index contributed by atoms with van der Waals surface area (Å²) in [6.45, 7) is 0. The number of aromatic hydroxyl groups is 1. The van der Waals surface area contributed by atoms with E-state index in [0.29, 0.717) is 18.3 Å². The van der Waals surface area contributed by atoms with Crippen LogP contribution in [0.4, 0.5) is 0 Å². The Morgan fingerprint density at radius 1 is 1.03 bits per heavy atom. The van der Waals surface area contributed by atoms with Crippen LogP contribution in [0.1, 0.15) is 49.7 Å². The molecule has 4 aliphatic rings. The summed E-state index contributed by atoms with van der Waals surface area (Å²) < 4.78 is 5.01. The molecule has 2 N–H and O–H groups in total. The van der Waals surface area contributed by atoms with Gasteiger partial charge in [0.05, 0.1) is 12.5 Å². The van der Waals surface area contributed by atoms with Crippen molar-refractivity contribution < 1.29 is 19.4 Å². The van der Waals surface area contributed by atoms with Gasteiger partial charge in [0.2, 0.25) is 5.91 Å². The maximum Gasteiger partial charge on any atom is 0.328 e. The molecule has 0 heterocycles. The van der Waals surface area contributed by atoms with Crippen molar-refractivity contribution in [2.75, 3.05) is 7.11 Å². The molecule has 0 aromatic heterocycles. The zero-order valence-electron chi connectivity index (χ0n) is 18.5. The summed E-state index contributed by atoms with van der Waals surface area (Å²) in [5, 5.41) is 12.6. The fraction of sp³-hybridized carbons (Fsp3) is 0.481. The van der Waals surface area contributed by atoms with Crippen molar-refractivity contribution in [2.45, 2.75) is 56.4 Å². The third-order valence-electron chi connectivity index (χ3n) is 8.10. The number of methoxy groups -OCH3 is 1. The van der Waals surface area contributed by atoms with Crippen molar-refractivity contribution >= 4 is 11.9 Å². The SMILES string of the molecule is COC(=O)[C@@H](Cc1ccc(O)cc1)NC(=O)C12C[C@H]3C[C@@H](C1)CC(c1ccccc1)(C3)C2. The number of hydrogen-bond donors (Lipinski definition) is 2. The summed E-state index contributed by atoms with van der Waals surface area (Å²) in [6.07, 6.45) is 6.57. The van der Waals surface area contributed by atoms with Crippen LogP contribution < -0.4 is 5.32 Å². The van der Waals surface area contributed by atoms with Crippen LogP contribution in [0.5, 0.6) is 5.75 Å². The first-order valence-corrected chi connectivity index (χ1v) is 11.6. The Labute approximate surface area is 189 Å². The molecule has 5 heteroatoms. The normalized spacial score (nSPS) is 31.2. The molecule has 4 bridgehead atoms. The number of hydrogen-bond acceptors (Lipinski definition) is 4. The Balaban J connectivity index is 1.40. The minimum Gasteiger partial charge on any atom is -0.508 e. The molecule has 4 aliphatic carbocycles. The molecule has 4 fully saturated rings. The van der Waals surface area contributed by atoms with Crippen LogP contribution in [0.3, 0.4) is 0 Å². The zero-order chi connectivity index (χ0) is 22.3. The van der Waals surface area contributed by atoms with E-state index < -0.39 is 17.4 Å². The maximum absolute atomic E-state index is 13.8. The molecule has 32 heavy (non-hydrogen) atoms. The van der Waals surface area contributed by atoms with Gasteiger partial charge in [-0.05, 0) is 79.0 Å². The summed E-state index contributed by atoms with van der Waals surface area (Å²) in [5.74, 6) is 0.869. The summed E-state index contributed by atoms with van der Waals surface area (Å²) in [4.78, 5) is 26.3. The van der Waals surface area contributed by atoms with Gasteiger partial charge in [-0.1, -0.05) is 42.5 Å².